The first-order chi connectivity index (χ1) is 13.7. The third kappa shape index (κ3) is 4.28. The molecule has 1 aliphatic heterocycles. The van der Waals surface area contributed by atoms with Crippen molar-refractivity contribution in [1.82, 2.24) is 4.90 Å². The van der Waals surface area contributed by atoms with Gasteiger partial charge in [0, 0.05) is 27.7 Å². The second-order valence-corrected chi connectivity index (χ2v) is 11.5. The van der Waals surface area contributed by atoms with Gasteiger partial charge in [0.05, 0.1) is 21.6 Å². The number of sulfone groups is 1. The highest BCUT2D eigenvalue weighted by molar-refractivity contribution is 7.91. The minimum absolute atomic E-state index is 0.0410. The average molecular weight is 489 g/mol. The first-order valence-electron chi connectivity index (χ1n) is 8.87. The van der Waals surface area contributed by atoms with Crippen LogP contribution in [0.2, 0.25) is 15.1 Å². The molecule has 2 aromatic carbocycles. The lowest BCUT2D eigenvalue weighted by atomic mass is 10.1. The van der Waals surface area contributed by atoms with Crippen LogP contribution in [0.3, 0.4) is 0 Å². The van der Waals surface area contributed by atoms with Crippen molar-refractivity contribution < 1.29 is 13.2 Å². The summed E-state index contributed by atoms with van der Waals surface area (Å²) in [5.74, 6) is -0.257. The molecule has 29 heavy (non-hydrogen) atoms. The summed E-state index contributed by atoms with van der Waals surface area (Å²) >= 11 is 20.1. The number of amides is 1. The first-order valence-corrected chi connectivity index (χ1v) is 12.6. The Morgan fingerprint density at radius 1 is 1.14 bits per heavy atom. The summed E-state index contributed by atoms with van der Waals surface area (Å²) in [5, 5.41) is 1.70. The average Bonchev–Trinajstić information content (AvgIpc) is 3.19. The Morgan fingerprint density at radius 2 is 1.86 bits per heavy atom. The second-order valence-electron chi connectivity index (χ2n) is 6.98. The van der Waals surface area contributed by atoms with E-state index in [9.17, 15) is 13.2 Å². The Kier molecular flexibility index (Phi) is 5.84. The molecular formula is C20H16Cl3NO3S2. The van der Waals surface area contributed by atoms with E-state index in [1.54, 1.807) is 17.0 Å². The molecule has 1 aliphatic rings. The number of carbonyl (C=O) groups excluding carboxylic acids is 1. The first kappa shape index (κ1) is 20.9. The van der Waals surface area contributed by atoms with Crippen LogP contribution in [0, 0.1) is 0 Å². The van der Waals surface area contributed by atoms with Gasteiger partial charge in [0.25, 0.3) is 5.91 Å². The molecule has 4 rings (SSSR count). The summed E-state index contributed by atoms with van der Waals surface area (Å²) in [6.07, 6.45) is 0.413. The quantitative estimate of drug-likeness (QED) is 0.474. The molecule has 4 nitrogen and oxygen atoms in total. The Bertz CT molecular complexity index is 1190. The Balaban J connectivity index is 1.76. The van der Waals surface area contributed by atoms with Gasteiger partial charge in [-0.05, 0) is 24.1 Å². The van der Waals surface area contributed by atoms with Crippen LogP contribution < -0.4 is 0 Å². The van der Waals surface area contributed by atoms with Crippen molar-refractivity contribution in [2.24, 2.45) is 0 Å². The van der Waals surface area contributed by atoms with Crippen molar-refractivity contribution in [2.45, 2.75) is 19.0 Å². The van der Waals surface area contributed by atoms with Crippen LogP contribution >= 0.6 is 46.1 Å². The molecule has 0 aliphatic carbocycles. The molecule has 2 heterocycles. The number of nitrogens with zero attached hydrogens (tertiary/aromatic N) is 1. The van der Waals surface area contributed by atoms with E-state index in [0.717, 1.165) is 10.3 Å². The number of rotatable bonds is 4. The highest BCUT2D eigenvalue weighted by atomic mass is 35.5. The van der Waals surface area contributed by atoms with Gasteiger partial charge >= 0.3 is 0 Å². The fourth-order valence-corrected chi connectivity index (χ4v) is 7.61. The van der Waals surface area contributed by atoms with Gasteiger partial charge in [-0.3, -0.25) is 4.79 Å². The molecule has 1 fully saturated rings. The summed E-state index contributed by atoms with van der Waals surface area (Å²) in [4.78, 5) is 15.5. The fraction of sp³-hybridized carbons (Fsp3) is 0.250. The van der Waals surface area contributed by atoms with Crippen molar-refractivity contribution >= 4 is 72.0 Å². The number of halogens is 3. The van der Waals surface area contributed by atoms with E-state index in [-0.39, 0.29) is 22.4 Å². The molecule has 0 unspecified atom stereocenters. The van der Waals surface area contributed by atoms with E-state index < -0.39 is 15.9 Å². The van der Waals surface area contributed by atoms with Crippen LogP contribution in [0.15, 0.2) is 42.5 Å². The Hall–Kier alpha value is -1.31. The second kappa shape index (κ2) is 8.08. The van der Waals surface area contributed by atoms with Crippen molar-refractivity contribution in [2.75, 3.05) is 11.5 Å². The van der Waals surface area contributed by atoms with Crippen LogP contribution in [-0.4, -0.2) is 36.8 Å². The highest BCUT2D eigenvalue weighted by Gasteiger charge is 2.36. The molecule has 1 saturated heterocycles. The Labute approximate surface area is 187 Å². The summed E-state index contributed by atoms with van der Waals surface area (Å²) in [6.45, 7) is 0.304. The number of carbonyl (C=O) groups is 1. The van der Waals surface area contributed by atoms with Gasteiger partial charge in [-0.2, -0.15) is 0 Å². The zero-order valence-electron chi connectivity index (χ0n) is 15.1. The molecule has 0 bridgehead atoms. The SMILES string of the molecule is O=C(c1sc2cc(Cl)cc(Cl)c2c1Cl)N(Cc1ccccc1)[C@H]1CCS(=O)(=O)C1. The minimum atomic E-state index is -3.16. The summed E-state index contributed by atoms with van der Waals surface area (Å²) in [6, 6.07) is 12.4. The molecule has 0 radical (unpaired) electrons. The maximum absolute atomic E-state index is 13.5. The lowest BCUT2D eigenvalue weighted by molar-refractivity contribution is 0.0686. The van der Waals surface area contributed by atoms with E-state index in [0.29, 0.717) is 33.3 Å². The topological polar surface area (TPSA) is 54.5 Å². The lowest BCUT2D eigenvalue weighted by Crippen LogP contribution is -2.40. The molecule has 0 N–H and O–H groups in total. The number of thiophene rings is 1. The van der Waals surface area contributed by atoms with Gasteiger partial charge in [0.2, 0.25) is 0 Å². The van der Waals surface area contributed by atoms with Gasteiger partial charge in [-0.1, -0.05) is 65.1 Å². The standard InChI is InChI=1S/C20H16Cl3NO3S2/c21-13-8-15(22)17-16(9-13)28-19(18(17)23)20(25)24(10-12-4-2-1-3-5-12)14-6-7-29(26,27)11-14/h1-5,8-9,14H,6-7,10-11H2/t14-/m0/s1. The van der Waals surface area contributed by atoms with E-state index in [1.165, 1.54) is 11.3 Å². The van der Waals surface area contributed by atoms with Gasteiger partial charge in [-0.15, -0.1) is 11.3 Å². The fourth-order valence-electron chi connectivity index (χ4n) is 3.55. The van der Waals surface area contributed by atoms with Crippen molar-refractivity contribution in [1.29, 1.82) is 0 Å². The third-order valence-corrected chi connectivity index (χ3v) is 8.83. The molecule has 1 atom stereocenters. The lowest BCUT2D eigenvalue weighted by Gasteiger charge is -2.28. The van der Waals surface area contributed by atoms with Crippen LogP contribution in [0.5, 0.6) is 0 Å². The third-order valence-electron chi connectivity index (χ3n) is 4.95. The van der Waals surface area contributed by atoms with E-state index >= 15 is 0 Å². The maximum atomic E-state index is 13.5. The van der Waals surface area contributed by atoms with Crippen LogP contribution in [0.4, 0.5) is 0 Å². The van der Waals surface area contributed by atoms with Crippen LogP contribution in [-0.2, 0) is 16.4 Å². The number of benzene rings is 2. The zero-order chi connectivity index (χ0) is 20.8. The zero-order valence-corrected chi connectivity index (χ0v) is 19.0. The summed E-state index contributed by atoms with van der Waals surface area (Å²) in [7, 11) is -3.16. The normalized spacial score (nSPS) is 18.2. The molecule has 152 valence electrons. The molecule has 0 spiro atoms. The van der Waals surface area contributed by atoms with Gasteiger partial charge in [0.1, 0.15) is 4.88 Å². The van der Waals surface area contributed by atoms with Gasteiger partial charge < -0.3 is 4.90 Å². The highest BCUT2D eigenvalue weighted by Crippen LogP contribution is 2.42. The molecule has 9 heteroatoms. The molecular weight excluding hydrogens is 473 g/mol. The number of hydrogen-bond donors (Lipinski definition) is 0. The largest absolute Gasteiger partial charge is 0.330 e. The van der Waals surface area contributed by atoms with Crippen molar-refractivity contribution in [3.8, 4) is 0 Å². The van der Waals surface area contributed by atoms with E-state index in [2.05, 4.69) is 0 Å². The summed E-state index contributed by atoms with van der Waals surface area (Å²) in [5.41, 5.74) is 0.920. The smallest absolute Gasteiger partial charge is 0.266 e. The molecule has 1 amide bonds. The van der Waals surface area contributed by atoms with Gasteiger partial charge in [-0.25, -0.2) is 8.42 Å². The summed E-state index contributed by atoms with van der Waals surface area (Å²) < 4.78 is 24.8. The van der Waals surface area contributed by atoms with Crippen LogP contribution in [0.25, 0.3) is 10.1 Å². The monoisotopic (exact) mass is 487 g/mol. The number of hydrogen-bond acceptors (Lipinski definition) is 4. The van der Waals surface area contributed by atoms with Gasteiger partial charge in [0.15, 0.2) is 9.84 Å². The molecule has 3 aromatic rings. The predicted molar refractivity (Wildman–Crippen MR) is 120 cm³/mol. The van der Waals surface area contributed by atoms with E-state index in [1.807, 2.05) is 30.3 Å². The van der Waals surface area contributed by atoms with Crippen molar-refractivity contribution in [3.63, 3.8) is 0 Å². The van der Waals surface area contributed by atoms with Crippen molar-refractivity contribution in [3.05, 3.63) is 68.0 Å². The van der Waals surface area contributed by atoms with Crippen LogP contribution in [0.1, 0.15) is 21.7 Å². The predicted octanol–water partition coefficient (Wildman–Crippen LogP) is 5.69. The Morgan fingerprint density at radius 3 is 2.52 bits per heavy atom. The van der Waals surface area contributed by atoms with E-state index in [4.69, 9.17) is 34.8 Å². The maximum Gasteiger partial charge on any atom is 0.266 e. The minimum Gasteiger partial charge on any atom is -0.330 e. The number of fused-ring (bicyclic) bond motifs is 1. The molecule has 0 saturated carbocycles. The molecule has 1 aromatic heterocycles.